The second-order valence-corrected chi connectivity index (χ2v) is 6.07. The van der Waals surface area contributed by atoms with Crippen molar-refractivity contribution in [2.45, 2.75) is 26.4 Å². The van der Waals surface area contributed by atoms with Crippen LogP contribution in [-0.2, 0) is 11.3 Å². The van der Waals surface area contributed by atoms with Crippen LogP contribution >= 0.6 is 0 Å². The van der Waals surface area contributed by atoms with Gasteiger partial charge in [0.15, 0.2) is 0 Å². The van der Waals surface area contributed by atoms with Crippen molar-refractivity contribution in [1.29, 1.82) is 0 Å². The second kappa shape index (κ2) is 6.10. The molecular weight excluding hydrogens is 280 g/mol. The normalized spacial score (nSPS) is 16.5. The van der Waals surface area contributed by atoms with E-state index in [0.717, 1.165) is 43.8 Å². The molecule has 0 atom stereocenters. The molecule has 0 radical (unpaired) electrons. The minimum Gasteiger partial charge on any atom is -0.478 e. The Balaban J connectivity index is 2.00. The highest BCUT2D eigenvalue weighted by Crippen LogP contribution is 2.26. The van der Waals surface area contributed by atoms with Crippen molar-refractivity contribution in [3.63, 3.8) is 0 Å². The summed E-state index contributed by atoms with van der Waals surface area (Å²) in [5.74, 6) is -0.881. The summed E-state index contributed by atoms with van der Waals surface area (Å²) < 4.78 is 7.70. The van der Waals surface area contributed by atoms with Crippen LogP contribution in [0.4, 0.5) is 0 Å². The highest BCUT2D eigenvalue weighted by atomic mass is 16.5. The number of morpholine rings is 1. The quantitative estimate of drug-likeness (QED) is 0.943. The molecule has 0 saturated carbocycles. The van der Waals surface area contributed by atoms with E-state index in [9.17, 15) is 4.79 Å². The van der Waals surface area contributed by atoms with Gasteiger partial charge in [0.2, 0.25) is 0 Å². The van der Waals surface area contributed by atoms with Crippen molar-refractivity contribution in [3.8, 4) is 0 Å². The molecule has 0 amide bonds. The lowest BCUT2D eigenvalue weighted by atomic mass is 10.1. The molecule has 1 N–H and O–H groups in total. The number of hydrogen-bond donors (Lipinski definition) is 1. The molecular formula is C17H22N2O3. The van der Waals surface area contributed by atoms with Gasteiger partial charge in [0.1, 0.15) is 0 Å². The summed E-state index contributed by atoms with van der Waals surface area (Å²) in [6.07, 6.45) is 0. The van der Waals surface area contributed by atoms with Crippen LogP contribution in [0.2, 0.25) is 0 Å². The molecule has 1 aromatic heterocycles. The zero-order valence-corrected chi connectivity index (χ0v) is 13.1. The molecule has 2 heterocycles. The van der Waals surface area contributed by atoms with Gasteiger partial charge in [0.05, 0.1) is 18.8 Å². The van der Waals surface area contributed by atoms with E-state index in [1.807, 2.05) is 6.07 Å². The summed E-state index contributed by atoms with van der Waals surface area (Å²) in [6.45, 7) is 8.65. The Kier molecular flexibility index (Phi) is 4.18. The van der Waals surface area contributed by atoms with Crippen molar-refractivity contribution >= 4 is 16.9 Å². The maximum absolute atomic E-state index is 11.2. The number of ether oxygens (including phenoxy) is 1. The average molecular weight is 302 g/mol. The Hall–Kier alpha value is -1.85. The van der Waals surface area contributed by atoms with Crippen LogP contribution in [0.1, 0.15) is 35.9 Å². The van der Waals surface area contributed by atoms with E-state index in [1.54, 1.807) is 12.1 Å². The van der Waals surface area contributed by atoms with Crippen molar-refractivity contribution in [2.75, 3.05) is 26.3 Å². The fourth-order valence-corrected chi connectivity index (χ4v) is 3.15. The molecule has 1 saturated heterocycles. The highest BCUT2D eigenvalue weighted by molar-refractivity contribution is 5.94. The molecule has 5 heteroatoms. The maximum Gasteiger partial charge on any atom is 0.335 e. The highest BCUT2D eigenvalue weighted by Gasteiger charge is 2.17. The van der Waals surface area contributed by atoms with Gasteiger partial charge < -0.3 is 14.4 Å². The molecule has 1 aliphatic heterocycles. The number of nitrogens with zero attached hydrogens (tertiary/aromatic N) is 2. The lowest BCUT2D eigenvalue weighted by molar-refractivity contribution is 0.0331. The summed E-state index contributed by atoms with van der Waals surface area (Å²) in [4.78, 5) is 13.5. The van der Waals surface area contributed by atoms with Crippen LogP contribution in [0.25, 0.3) is 10.9 Å². The van der Waals surface area contributed by atoms with Crippen LogP contribution < -0.4 is 0 Å². The van der Waals surface area contributed by atoms with E-state index < -0.39 is 5.97 Å². The topological polar surface area (TPSA) is 54.7 Å². The zero-order valence-electron chi connectivity index (χ0n) is 13.1. The summed E-state index contributed by atoms with van der Waals surface area (Å²) in [7, 11) is 0. The molecule has 5 nitrogen and oxygen atoms in total. The van der Waals surface area contributed by atoms with Gasteiger partial charge in [-0.2, -0.15) is 0 Å². The van der Waals surface area contributed by atoms with Crippen molar-refractivity contribution < 1.29 is 14.6 Å². The number of carbonyl (C=O) groups is 1. The van der Waals surface area contributed by atoms with E-state index >= 15 is 0 Å². The first kappa shape index (κ1) is 15.1. The Labute approximate surface area is 130 Å². The molecule has 2 aromatic rings. The molecule has 0 bridgehead atoms. The third-order valence-electron chi connectivity index (χ3n) is 4.17. The third kappa shape index (κ3) is 2.87. The first-order valence-corrected chi connectivity index (χ1v) is 7.73. The number of aromatic carboxylic acids is 1. The van der Waals surface area contributed by atoms with Gasteiger partial charge in [-0.1, -0.05) is 0 Å². The van der Waals surface area contributed by atoms with E-state index in [-0.39, 0.29) is 0 Å². The van der Waals surface area contributed by atoms with Crippen molar-refractivity contribution in [2.24, 2.45) is 0 Å². The van der Waals surface area contributed by atoms with Gasteiger partial charge in [-0.05, 0) is 38.1 Å². The van der Waals surface area contributed by atoms with Crippen LogP contribution in [0, 0.1) is 0 Å². The standard InChI is InChI=1S/C17H22N2O3/c1-12(2)19-15(11-18-5-7-22-8-6-18)10-14-9-13(17(20)21)3-4-16(14)19/h3-4,9-10,12H,5-8,11H2,1-2H3,(H,20,21). The summed E-state index contributed by atoms with van der Waals surface area (Å²) in [5, 5.41) is 10.2. The lowest BCUT2D eigenvalue weighted by Crippen LogP contribution is -2.36. The second-order valence-electron chi connectivity index (χ2n) is 6.07. The van der Waals surface area contributed by atoms with E-state index in [1.165, 1.54) is 5.69 Å². The van der Waals surface area contributed by atoms with Crippen molar-refractivity contribution in [1.82, 2.24) is 9.47 Å². The number of carboxylic acids is 1. The predicted octanol–water partition coefficient (Wildman–Crippen LogP) is 2.75. The number of fused-ring (bicyclic) bond motifs is 1. The Morgan fingerprint density at radius 3 is 2.64 bits per heavy atom. The Morgan fingerprint density at radius 2 is 2.00 bits per heavy atom. The number of aromatic nitrogens is 1. The summed E-state index contributed by atoms with van der Waals surface area (Å²) in [6, 6.07) is 7.82. The molecule has 1 fully saturated rings. The molecule has 118 valence electrons. The van der Waals surface area contributed by atoms with Gasteiger partial charge in [0.25, 0.3) is 0 Å². The van der Waals surface area contributed by atoms with Gasteiger partial charge >= 0.3 is 5.97 Å². The number of carboxylic acid groups (broad SMARTS) is 1. The van der Waals surface area contributed by atoms with Crippen LogP contribution in [0.5, 0.6) is 0 Å². The average Bonchev–Trinajstić information content (AvgIpc) is 2.85. The Bertz CT molecular complexity index is 685. The van der Waals surface area contributed by atoms with Gasteiger partial charge in [-0.15, -0.1) is 0 Å². The van der Waals surface area contributed by atoms with E-state index in [2.05, 4.69) is 29.4 Å². The largest absolute Gasteiger partial charge is 0.478 e. The number of benzene rings is 1. The van der Waals surface area contributed by atoms with E-state index in [4.69, 9.17) is 9.84 Å². The molecule has 1 aromatic carbocycles. The predicted molar refractivity (Wildman–Crippen MR) is 85.4 cm³/mol. The number of hydrogen-bond acceptors (Lipinski definition) is 3. The smallest absolute Gasteiger partial charge is 0.335 e. The van der Waals surface area contributed by atoms with E-state index in [0.29, 0.717) is 11.6 Å². The minimum atomic E-state index is -0.881. The van der Waals surface area contributed by atoms with Gasteiger partial charge in [0, 0.05) is 42.3 Å². The van der Waals surface area contributed by atoms with Crippen LogP contribution in [-0.4, -0.2) is 46.8 Å². The van der Waals surface area contributed by atoms with Crippen LogP contribution in [0.15, 0.2) is 24.3 Å². The first-order valence-electron chi connectivity index (χ1n) is 7.73. The maximum atomic E-state index is 11.2. The molecule has 0 aliphatic carbocycles. The minimum absolute atomic E-state index is 0.337. The van der Waals surface area contributed by atoms with Crippen LogP contribution in [0.3, 0.4) is 0 Å². The fraction of sp³-hybridized carbons (Fsp3) is 0.471. The molecule has 0 unspecified atom stereocenters. The third-order valence-corrected chi connectivity index (χ3v) is 4.17. The first-order chi connectivity index (χ1) is 10.6. The molecule has 22 heavy (non-hydrogen) atoms. The molecule has 0 spiro atoms. The zero-order chi connectivity index (χ0) is 15.7. The monoisotopic (exact) mass is 302 g/mol. The fourth-order valence-electron chi connectivity index (χ4n) is 3.15. The van der Waals surface area contributed by atoms with Crippen molar-refractivity contribution in [3.05, 3.63) is 35.5 Å². The Morgan fingerprint density at radius 1 is 1.27 bits per heavy atom. The summed E-state index contributed by atoms with van der Waals surface area (Å²) >= 11 is 0. The van der Waals surface area contributed by atoms with Gasteiger partial charge in [-0.25, -0.2) is 4.79 Å². The SMILES string of the molecule is CC(C)n1c(CN2CCOCC2)cc2cc(C(=O)O)ccc21. The summed E-state index contributed by atoms with van der Waals surface area (Å²) in [5.41, 5.74) is 2.67. The lowest BCUT2D eigenvalue weighted by Gasteiger charge is -2.27. The number of rotatable bonds is 4. The molecule has 1 aliphatic rings. The molecule has 3 rings (SSSR count). The van der Waals surface area contributed by atoms with Gasteiger partial charge in [-0.3, -0.25) is 4.90 Å².